The fourth-order valence-electron chi connectivity index (χ4n) is 3.84. The van der Waals surface area contributed by atoms with Crippen LogP contribution in [0.1, 0.15) is 11.1 Å². The summed E-state index contributed by atoms with van der Waals surface area (Å²) in [7, 11) is -3.13. The highest BCUT2D eigenvalue weighted by molar-refractivity contribution is 6.58. The Hall–Kier alpha value is -3.61. The molecule has 2 atom stereocenters. The van der Waals surface area contributed by atoms with Gasteiger partial charge in [0.25, 0.3) is 18.1 Å². The van der Waals surface area contributed by atoms with Crippen molar-refractivity contribution in [2.45, 2.75) is 12.1 Å². The summed E-state index contributed by atoms with van der Waals surface area (Å²) in [5.74, 6) is 1.80. The van der Waals surface area contributed by atoms with E-state index >= 15 is 0 Å². The zero-order chi connectivity index (χ0) is 23.6. The second kappa shape index (κ2) is 12.0. The van der Waals surface area contributed by atoms with Crippen LogP contribution in [0.2, 0.25) is 0 Å². The van der Waals surface area contributed by atoms with Gasteiger partial charge in [-0.2, -0.15) is 0 Å². The molecule has 0 radical (unpaired) electrons. The lowest BCUT2D eigenvalue weighted by molar-refractivity contribution is 0.576. The van der Waals surface area contributed by atoms with Crippen LogP contribution in [0.15, 0.2) is 134 Å². The maximum atomic E-state index is 6.28. The van der Waals surface area contributed by atoms with E-state index in [-0.39, 0.29) is 0 Å². The number of benzene rings is 4. The van der Waals surface area contributed by atoms with Crippen LogP contribution in [0.3, 0.4) is 0 Å². The topological polar surface area (TPSA) is 18.5 Å². The Labute approximate surface area is 206 Å². The Morgan fingerprint density at radius 3 is 1.18 bits per heavy atom. The molecule has 0 aliphatic carbocycles. The highest BCUT2D eigenvalue weighted by Crippen LogP contribution is 2.25. The molecule has 0 spiro atoms. The zero-order valence-electron chi connectivity index (χ0n) is 19.3. The first-order chi connectivity index (χ1) is 16.7. The molecule has 0 heterocycles. The molecule has 4 heteroatoms. The van der Waals surface area contributed by atoms with Crippen molar-refractivity contribution in [1.29, 1.82) is 0 Å². The third kappa shape index (κ3) is 6.70. The third-order valence-electron chi connectivity index (χ3n) is 5.70. The molecule has 4 rings (SSSR count). The first kappa shape index (κ1) is 23.5. The summed E-state index contributed by atoms with van der Waals surface area (Å²) in [6.45, 7) is 8.00. The van der Waals surface area contributed by atoms with Crippen LogP contribution >= 0.6 is 0 Å². The van der Waals surface area contributed by atoms with Gasteiger partial charge in [0.15, 0.2) is 0 Å². The average molecular weight is 479 g/mol. The van der Waals surface area contributed by atoms with Gasteiger partial charge in [0, 0.05) is 12.1 Å². The molecule has 0 amide bonds. The molecule has 0 aromatic heterocycles. The molecule has 0 aliphatic heterocycles. The first-order valence-corrected chi connectivity index (χ1v) is 15.5. The van der Waals surface area contributed by atoms with E-state index in [0.29, 0.717) is 0 Å². The molecule has 170 valence electrons. The van der Waals surface area contributed by atoms with Crippen LogP contribution in [0.5, 0.6) is 11.5 Å². The minimum atomic E-state index is -1.56. The Balaban J connectivity index is 1.36. The predicted octanol–water partition coefficient (Wildman–Crippen LogP) is 6.57. The van der Waals surface area contributed by atoms with E-state index < -0.39 is 18.1 Å². The van der Waals surface area contributed by atoms with Gasteiger partial charge >= 0.3 is 0 Å². The summed E-state index contributed by atoms with van der Waals surface area (Å²) in [5, 5.41) is 0. The molecule has 0 N–H and O–H groups in total. The predicted molar refractivity (Wildman–Crippen MR) is 148 cm³/mol. The summed E-state index contributed by atoms with van der Waals surface area (Å²) in [6, 6.07) is 39.4. The average Bonchev–Trinajstić information content (AvgIpc) is 2.90. The van der Waals surface area contributed by atoms with Crippen LogP contribution in [0.25, 0.3) is 11.1 Å². The minimum Gasteiger partial charge on any atom is -0.542 e. The molecule has 4 aromatic carbocycles. The molecule has 0 bridgehead atoms. The molecule has 0 fully saturated rings. The van der Waals surface area contributed by atoms with Gasteiger partial charge in [-0.25, -0.2) is 0 Å². The van der Waals surface area contributed by atoms with E-state index in [0.717, 1.165) is 34.7 Å². The summed E-state index contributed by atoms with van der Waals surface area (Å²) in [5.41, 5.74) is 8.89. The summed E-state index contributed by atoms with van der Waals surface area (Å²) < 4.78 is 12.6. The molecule has 0 saturated heterocycles. The summed E-state index contributed by atoms with van der Waals surface area (Å²) >= 11 is 0. The SMILES string of the molecule is C=C[SiH](Cc1ccccc1)Oc1ccc(-c2ccc(O[SiH](C=C)Cc3ccccc3)cc2)cc1. The van der Waals surface area contributed by atoms with Crippen LogP contribution < -0.4 is 8.85 Å². The highest BCUT2D eigenvalue weighted by atomic mass is 28.3. The van der Waals surface area contributed by atoms with Crippen molar-refractivity contribution in [3.8, 4) is 22.6 Å². The quantitative estimate of drug-likeness (QED) is 0.227. The van der Waals surface area contributed by atoms with Gasteiger partial charge in [0.05, 0.1) is 0 Å². The van der Waals surface area contributed by atoms with Gasteiger partial charge in [-0.15, -0.1) is 13.2 Å². The second-order valence-corrected chi connectivity index (χ2v) is 12.6. The van der Waals surface area contributed by atoms with E-state index in [1.54, 1.807) is 0 Å². The monoisotopic (exact) mass is 478 g/mol. The zero-order valence-corrected chi connectivity index (χ0v) is 21.7. The molecule has 2 nitrogen and oxygen atoms in total. The fraction of sp³-hybridized carbons (Fsp3) is 0.0667. The van der Waals surface area contributed by atoms with Crippen molar-refractivity contribution in [3.63, 3.8) is 0 Å². The Morgan fingerprint density at radius 1 is 0.500 bits per heavy atom. The second-order valence-electron chi connectivity index (χ2n) is 8.21. The van der Waals surface area contributed by atoms with E-state index in [2.05, 4.69) is 110 Å². The van der Waals surface area contributed by atoms with Crippen molar-refractivity contribution in [2.75, 3.05) is 0 Å². The maximum absolute atomic E-state index is 6.28. The molecule has 0 saturated carbocycles. The van der Waals surface area contributed by atoms with Gasteiger partial charge in [0.2, 0.25) is 0 Å². The Bertz CT molecular complexity index is 1080. The fourth-order valence-corrected chi connectivity index (χ4v) is 7.02. The van der Waals surface area contributed by atoms with Crippen molar-refractivity contribution in [3.05, 3.63) is 145 Å². The third-order valence-corrected chi connectivity index (χ3v) is 9.65. The summed E-state index contributed by atoms with van der Waals surface area (Å²) in [4.78, 5) is 0. The van der Waals surface area contributed by atoms with E-state index in [1.807, 2.05) is 23.5 Å². The van der Waals surface area contributed by atoms with E-state index in [1.165, 1.54) is 11.1 Å². The van der Waals surface area contributed by atoms with Crippen LogP contribution in [0.4, 0.5) is 0 Å². The van der Waals surface area contributed by atoms with Crippen molar-refractivity contribution in [2.24, 2.45) is 0 Å². The van der Waals surface area contributed by atoms with Crippen LogP contribution in [-0.4, -0.2) is 18.1 Å². The van der Waals surface area contributed by atoms with Crippen LogP contribution in [-0.2, 0) is 12.1 Å². The molecule has 34 heavy (non-hydrogen) atoms. The number of rotatable bonds is 11. The van der Waals surface area contributed by atoms with Gasteiger partial charge in [-0.3, -0.25) is 0 Å². The van der Waals surface area contributed by atoms with Crippen molar-refractivity contribution in [1.82, 2.24) is 0 Å². The molecule has 0 aliphatic rings. The largest absolute Gasteiger partial charge is 0.542 e. The lowest BCUT2D eigenvalue weighted by Crippen LogP contribution is -2.22. The van der Waals surface area contributed by atoms with Gasteiger partial charge in [0.1, 0.15) is 11.5 Å². The lowest BCUT2D eigenvalue weighted by atomic mass is 10.1. The highest BCUT2D eigenvalue weighted by Gasteiger charge is 2.12. The standard InChI is InChI=1S/C30H30O2Si2/c1-3-33(23-25-11-7-5-8-12-25)31-29-19-15-27(16-20-29)28-17-21-30(22-18-28)32-34(4-2)24-26-13-9-6-10-14-26/h3-22,33-34H,1-2,23-24H2. The van der Waals surface area contributed by atoms with E-state index in [9.17, 15) is 0 Å². The molecule has 4 aromatic rings. The van der Waals surface area contributed by atoms with Crippen molar-refractivity contribution < 1.29 is 8.85 Å². The Morgan fingerprint density at radius 2 is 0.853 bits per heavy atom. The van der Waals surface area contributed by atoms with Gasteiger partial charge < -0.3 is 8.85 Å². The first-order valence-electron chi connectivity index (χ1n) is 11.6. The van der Waals surface area contributed by atoms with Crippen LogP contribution in [0, 0.1) is 0 Å². The molecular formula is C30H30O2Si2. The van der Waals surface area contributed by atoms with E-state index in [4.69, 9.17) is 8.85 Å². The maximum Gasteiger partial charge on any atom is 0.263 e. The lowest BCUT2D eigenvalue weighted by Gasteiger charge is -2.16. The van der Waals surface area contributed by atoms with Crippen molar-refractivity contribution >= 4 is 18.1 Å². The van der Waals surface area contributed by atoms with Gasteiger partial charge in [-0.05, 0) is 46.5 Å². The summed E-state index contributed by atoms with van der Waals surface area (Å²) in [6.07, 6.45) is 0. The minimum absolute atomic E-state index is 0.900. The Kier molecular flexibility index (Phi) is 8.33. The van der Waals surface area contributed by atoms with Gasteiger partial charge in [-0.1, -0.05) is 96.3 Å². The smallest absolute Gasteiger partial charge is 0.263 e. The normalized spacial score (nSPS) is 12.4. The number of hydrogen-bond donors (Lipinski definition) is 0. The molecular weight excluding hydrogens is 449 g/mol. The molecule has 2 unspecified atom stereocenters. The number of hydrogen-bond acceptors (Lipinski definition) is 2.